The van der Waals surface area contributed by atoms with Crippen LogP contribution in [0.5, 0.6) is 0 Å². The molecule has 1 aromatic carbocycles. The Morgan fingerprint density at radius 3 is 2.26 bits per heavy atom. The molecule has 0 bridgehead atoms. The van der Waals surface area contributed by atoms with Crippen molar-refractivity contribution in [3.63, 3.8) is 0 Å². The Morgan fingerprint density at radius 1 is 0.971 bits per heavy atom. The summed E-state index contributed by atoms with van der Waals surface area (Å²) in [6.45, 7) is 8.08. The lowest BCUT2D eigenvalue weighted by molar-refractivity contribution is 0.0240. The van der Waals surface area contributed by atoms with Crippen molar-refractivity contribution in [3.8, 4) is 11.1 Å². The van der Waals surface area contributed by atoms with E-state index in [1.807, 2.05) is 32.9 Å². The van der Waals surface area contributed by atoms with E-state index in [1.54, 1.807) is 53.8 Å². The van der Waals surface area contributed by atoms with E-state index in [9.17, 15) is 14.4 Å². The summed E-state index contributed by atoms with van der Waals surface area (Å²) in [5, 5.41) is 2.79. The predicted molar refractivity (Wildman–Crippen MR) is 135 cm³/mol. The van der Waals surface area contributed by atoms with Crippen molar-refractivity contribution in [2.24, 2.45) is 0 Å². The largest absolute Gasteiger partial charge is 0.444 e. The Labute approximate surface area is 203 Å². The third-order valence-corrected chi connectivity index (χ3v) is 5.58. The second kappa shape index (κ2) is 10.0. The number of nitrogens with one attached hydrogen (secondary N) is 2. The topological polar surface area (TPSA) is 108 Å². The molecule has 0 atom stereocenters. The van der Waals surface area contributed by atoms with Crippen LogP contribution in [-0.2, 0) is 4.74 Å². The van der Waals surface area contributed by atoms with Gasteiger partial charge < -0.3 is 24.8 Å². The van der Waals surface area contributed by atoms with Crippen LogP contribution in [0.1, 0.15) is 31.1 Å². The van der Waals surface area contributed by atoms with Crippen molar-refractivity contribution in [1.82, 2.24) is 14.9 Å². The number of aromatic nitrogens is 2. The number of hydrogen-bond acceptors (Lipinski definition) is 6. The quantitative estimate of drug-likeness (QED) is 0.595. The zero-order valence-corrected chi connectivity index (χ0v) is 20.1. The minimum atomic E-state index is -0.514. The number of rotatable bonds is 4. The molecule has 0 aliphatic carbocycles. The van der Waals surface area contributed by atoms with E-state index in [0.29, 0.717) is 31.9 Å². The van der Waals surface area contributed by atoms with Crippen LogP contribution >= 0.6 is 0 Å². The van der Waals surface area contributed by atoms with Crippen LogP contribution in [0.2, 0.25) is 0 Å². The molecule has 4 rings (SSSR count). The van der Waals surface area contributed by atoms with Crippen LogP contribution in [0.25, 0.3) is 11.1 Å². The number of pyridine rings is 2. The maximum absolute atomic E-state index is 12.8. The average Bonchev–Trinajstić information content (AvgIpc) is 2.84. The lowest BCUT2D eigenvalue weighted by Crippen LogP contribution is -2.50. The number of benzene rings is 1. The Bertz CT molecular complexity index is 1240. The number of aromatic amines is 1. The molecule has 2 aromatic heterocycles. The number of amides is 2. The van der Waals surface area contributed by atoms with E-state index in [0.717, 1.165) is 16.8 Å². The minimum absolute atomic E-state index is 0.0293. The normalized spacial score (nSPS) is 13.9. The van der Waals surface area contributed by atoms with Crippen molar-refractivity contribution < 1.29 is 14.3 Å². The number of hydrogen-bond donors (Lipinski definition) is 2. The summed E-state index contributed by atoms with van der Waals surface area (Å²) in [6.07, 6.45) is 4.59. The molecule has 0 radical (unpaired) electrons. The van der Waals surface area contributed by atoms with Gasteiger partial charge in [0.25, 0.3) is 11.5 Å². The van der Waals surface area contributed by atoms with Gasteiger partial charge in [0, 0.05) is 56.1 Å². The molecule has 0 spiro atoms. The van der Waals surface area contributed by atoms with Gasteiger partial charge in [0.2, 0.25) is 0 Å². The minimum Gasteiger partial charge on any atom is -0.444 e. The zero-order chi connectivity index (χ0) is 25.0. The Balaban J connectivity index is 1.38. The highest BCUT2D eigenvalue weighted by Crippen LogP contribution is 2.22. The fourth-order valence-electron chi connectivity index (χ4n) is 3.79. The molecular formula is C26H29N5O4. The molecule has 0 unspecified atom stereocenters. The highest BCUT2D eigenvalue weighted by atomic mass is 16.6. The monoisotopic (exact) mass is 475 g/mol. The van der Waals surface area contributed by atoms with Crippen molar-refractivity contribution in [2.45, 2.75) is 26.4 Å². The van der Waals surface area contributed by atoms with E-state index in [2.05, 4.69) is 20.2 Å². The number of piperazine rings is 1. The molecule has 2 N–H and O–H groups in total. The number of H-pyrrole nitrogens is 1. The third kappa shape index (κ3) is 6.06. The number of nitrogens with zero attached hydrogens (tertiary/aromatic N) is 3. The van der Waals surface area contributed by atoms with E-state index in [-0.39, 0.29) is 11.7 Å². The smallest absolute Gasteiger partial charge is 0.410 e. The summed E-state index contributed by atoms with van der Waals surface area (Å²) >= 11 is 0. The SMILES string of the molecule is CC(C)(C)OC(=O)N1CCN(c2ccc(NC(=O)c3cc(-c4ccncc4)c[nH]c3=O)cc2)CC1. The van der Waals surface area contributed by atoms with Gasteiger partial charge in [0.15, 0.2) is 0 Å². The second-order valence-corrected chi connectivity index (χ2v) is 9.32. The summed E-state index contributed by atoms with van der Waals surface area (Å²) in [4.78, 5) is 47.8. The molecule has 9 heteroatoms. The number of ether oxygens (including phenoxy) is 1. The molecule has 3 aromatic rings. The lowest BCUT2D eigenvalue weighted by Gasteiger charge is -2.36. The summed E-state index contributed by atoms with van der Waals surface area (Å²) < 4.78 is 5.45. The van der Waals surface area contributed by atoms with Gasteiger partial charge in [-0.25, -0.2) is 4.79 Å². The number of anilines is 2. The van der Waals surface area contributed by atoms with Gasteiger partial charge in [-0.05, 0) is 74.4 Å². The predicted octanol–water partition coefficient (Wildman–Crippen LogP) is 3.75. The van der Waals surface area contributed by atoms with Crippen LogP contribution in [0.3, 0.4) is 0 Å². The van der Waals surface area contributed by atoms with Crippen molar-refractivity contribution in [1.29, 1.82) is 0 Å². The second-order valence-electron chi connectivity index (χ2n) is 9.32. The Kier molecular flexibility index (Phi) is 6.86. The van der Waals surface area contributed by atoms with Gasteiger partial charge in [-0.15, -0.1) is 0 Å². The zero-order valence-electron chi connectivity index (χ0n) is 20.1. The summed E-state index contributed by atoms with van der Waals surface area (Å²) in [7, 11) is 0. The lowest BCUT2D eigenvalue weighted by atomic mass is 10.1. The van der Waals surface area contributed by atoms with E-state index in [4.69, 9.17) is 4.74 Å². The Hall–Kier alpha value is -4.14. The Morgan fingerprint density at radius 2 is 1.63 bits per heavy atom. The first-order valence-electron chi connectivity index (χ1n) is 11.5. The molecule has 1 aliphatic heterocycles. The standard InChI is InChI=1S/C26H29N5O4/c1-26(2,3)35-25(34)31-14-12-30(13-15-31)21-6-4-20(5-7-21)29-24(33)22-16-19(17-28-23(22)32)18-8-10-27-11-9-18/h4-11,16-17H,12-15H2,1-3H3,(H,28,32)(H,29,33). The third-order valence-electron chi connectivity index (χ3n) is 5.58. The summed E-state index contributed by atoms with van der Waals surface area (Å²) in [6, 6.07) is 12.6. The molecule has 2 amide bonds. The maximum atomic E-state index is 12.8. The van der Waals surface area contributed by atoms with Crippen molar-refractivity contribution in [2.75, 3.05) is 36.4 Å². The number of carbonyl (C=O) groups excluding carboxylic acids is 2. The van der Waals surface area contributed by atoms with Crippen LogP contribution in [0, 0.1) is 0 Å². The van der Waals surface area contributed by atoms with Gasteiger partial charge in [-0.3, -0.25) is 14.6 Å². The van der Waals surface area contributed by atoms with Crippen LogP contribution < -0.4 is 15.8 Å². The highest BCUT2D eigenvalue weighted by molar-refractivity contribution is 6.04. The van der Waals surface area contributed by atoms with Gasteiger partial charge in [0.05, 0.1) is 0 Å². The summed E-state index contributed by atoms with van der Waals surface area (Å²) in [5.41, 5.74) is 2.20. The van der Waals surface area contributed by atoms with Crippen LogP contribution in [0.4, 0.5) is 16.2 Å². The van der Waals surface area contributed by atoms with Gasteiger partial charge in [-0.2, -0.15) is 0 Å². The van der Waals surface area contributed by atoms with E-state index in [1.165, 1.54) is 0 Å². The average molecular weight is 476 g/mol. The first-order chi connectivity index (χ1) is 16.7. The molecule has 0 saturated carbocycles. The molecule has 35 heavy (non-hydrogen) atoms. The molecule has 1 fully saturated rings. The first kappa shape index (κ1) is 24.0. The number of carbonyl (C=O) groups is 2. The maximum Gasteiger partial charge on any atom is 0.410 e. The van der Waals surface area contributed by atoms with E-state index >= 15 is 0 Å². The van der Waals surface area contributed by atoms with Crippen molar-refractivity contribution >= 4 is 23.4 Å². The molecule has 3 heterocycles. The van der Waals surface area contributed by atoms with Gasteiger partial charge in [-0.1, -0.05) is 0 Å². The molecule has 9 nitrogen and oxygen atoms in total. The first-order valence-corrected chi connectivity index (χ1v) is 11.5. The summed E-state index contributed by atoms with van der Waals surface area (Å²) in [5.74, 6) is -0.485. The molecule has 1 saturated heterocycles. The fraction of sp³-hybridized carbons (Fsp3) is 0.308. The van der Waals surface area contributed by atoms with Crippen LogP contribution in [-0.4, -0.2) is 58.6 Å². The van der Waals surface area contributed by atoms with Crippen molar-refractivity contribution in [3.05, 3.63) is 77.0 Å². The highest BCUT2D eigenvalue weighted by Gasteiger charge is 2.26. The van der Waals surface area contributed by atoms with E-state index < -0.39 is 17.1 Å². The fourth-order valence-corrected chi connectivity index (χ4v) is 3.79. The molecular weight excluding hydrogens is 446 g/mol. The van der Waals surface area contributed by atoms with Gasteiger partial charge in [0.1, 0.15) is 11.2 Å². The van der Waals surface area contributed by atoms with Crippen LogP contribution in [0.15, 0.2) is 65.8 Å². The molecule has 182 valence electrons. The van der Waals surface area contributed by atoms with Gasteiger partial charge >= 0.3 is 6.09 Å². The molecule has 1 aliphatic rings.